The van der Waals surface area contributed by atoms with Crippen LogP contribution in [-0.4, -0.2) is 5.78 Å². The first-order valence-electron chi connectivity index (χ1n) is 13.8. The maximum absolute atomic E-state index is 16.0. The highest BCUT2D eigenvalue weighted by molar-refractivity contribution is 7.83. The van der Waals surface area contributed by atoms with Crippen molar-refractivity contribution < 1.29 is 9.36 Å². The third kappa shape index (κ3) is 2.79. The lowest BCUT2D eigenvalue weighted by molar-refractivity contribution is -0.114. The quantitative estimate of drug-likeness (QED) is 0.169. The van der Waals surface area contributed by atoms with E-state index in [1.54, 1.807) is 6.08 Å². The van der Waals surface area contributed by atoms with E-state index in [4.69, 9.17) is 0 Å². The van der Waals surface area contributed by atoms with E-state index in [1.807, 2.05) is 0 Å². The lowest BCUT2D eigenvalue weighted by Gasteiger charge is -2.26. The molecule has 0 unspecified atom stereocenters. The normalized spacial score (nSPS) is 14.6. The number of carbonyl (C=O) groups is 1. The molecule has 0 atom stereocenters. The van der Waals surface area contributed by atoms with Crippen LogP contribution in [0.2, 0.25) is 0 Å². The van der Waals surface area contributed by atoms with Crippen LogP contribution in [0.1, 0.15) is 12.8 Å². The molecule has 3 heteroatoms. The minimum atomic E-state index is -3.39. The van der Waals surface area contributed by atoms with Crippen molar-refractivity contribution in [2.45, 2.75) is 12.8 Å². The molecule has 0 spiro atoms. The van der Waals surface area contributed by atoms with Crippen molar-refractivity contribution in [1.29, 1.82) is 0 Å². The van der Waals surface area contributed by atoms with Gasteiger partial charge in [0, 0.05) is 22.3 Å². The molecule has 0 saturated carbocycles. The van der Waals surface area contributed by atoms with Crippen LogP contribution in [0, 0.1) is 0 Å². The Balaban J connectivity index is 1.45. The van der Waals surface area contributed by atoms with Crippen LogP contribution in [0.5, 0.6) is 0 Å². The summed E-state index contributed by atoms with van der Waals surface area (Å²) in [6, 6.07) is 38.3. The molecule has 0 aliphatic heterocycles. The van der Waals surface area contributed by atoms with Crippen molar-refractivity contribution in [1.82, 2.24) is 0 Å². The molecule has 0 bridgehead atoms. The van der Waals surface area contributed by atoms with Gasteiger partial charge in [-0.15, -0.1) is 0 Å². The van der Waals surface area contributed by atoms with Crippen molar-refractivity contribution in [3.05, 3.63) is 121 Å². The van der Waals surface area contributed by atoms with Gasteiger partial charge in [0.25, 0.3) is 0 Å². The van der Waals surface area contributed by atoms with Crippen LogP contribution in [0.4, 0.5) is 0 Å². The molecule has 8 aromatic carbocycles. The maximum Gasteiger partial charge on any atom is 0.168 e. The van der Waals surface area contributed by atoms with Gasteiger partial charge in [0.2, 0.25) is 0 Å². The van der Waals surface area contributed by atoms with Crippen molar-refractivity contribution in [3.63, 3.8) is 0 Å². The summed E-state index contributed by atoms with van der Waals surface area (Å²) in [6.45, 7) is 0. The number of hydrogen-bond donors (Lipinski definition) is 0. The second kappa shape index (κ2) is 7.78. The zero-order chi connectivity index (χ0) is 26.6. The van der Waals surface area contributed by atoms with E-state index >= 15 is 4.57 Å². The SMILES string of the molecule is O=C1C=C(P(=O)(c2ccc3ccc4cccc5ccc2c3c45)c2ccc3ccc4cccc5ccc2c3c45)CC1. The molecule has 8 aromatic rings. The number of rotatable bonds is 3. The first-order valence-corrected chi connectivity index (χ1v) is 15.5. The third-order valence-electron chi connectivity index (χ3n) is 9.05. The average molecular weight is 531 g/mol. The lowest BCUT2D eigenvalue weighted by atomic mass is 9.94. The summed E-state index contributed by atoms with van der Waals surface area (Å²) >= 11 is 0. The summed E-state index contributed by atoms with van der Waals surface area (Å²) in [5, 5.41) is 16.2. The van der Waals surface area contributed by atoms with Gasteiger partial charge in [-0.2, -0.15) is 0 Å². The Morgan fingerprint density at radius 2 is 0.850 bits per heavy atom. The summed E-state index contributed by atoms with van der Waals surface area (Å²) in [6.07, 6.45) is 2.62. The van der Waals surface area contributed by atoms with Gasteiger partial charge in [-0.05, 0) is 89.3 Å². The molecule has 0 heterocycles. The summed E-state index contributed by atoms with van der Waals surface area (Å²) < 4.78 is 16.0. The maximum atomic E-state index is 16.0. The number of hydrogen-bond acceptors (Lipinski definition) is 2. The molecular weight excluding hydrogens is 507 g/mol. The fraction of sp³-hybridized carbons (Fsp3) is 0.0541. The number of allylic oxidation sites excluding steroid dienone is 2. The van der Waals surface area contributed by atoms with E-state index in [0.29, 0.717) is 12.8 Å². The minimum absolute atomic E-state index is 0.0608. The van der Waals surface area contributed by atoms with E-state index in [0.717, 1.165) is 48.2 Å². The smallest absolute Gasteiger partial charge is 0.168 e. The van der Waals surface area contributed by atoms with Crippen LogP contribution >= 0.6 is 7.14 Å². The highest BCUT2D eigenvalue weighted by Crippen LogP contribution is 2.58. The highest BCUT2D eigenvalue weighted by atomic mass is 31.2. The van der Waals surface area contributed by atoms with E-state index in [9.17, 15) is 4.79 Å². The topological polar surface area (TPSA) is 34.1 Å². The first-order chi connectivity index (χ1) is 19.6. The standard InChI is InChI=1S/C37H23O2P/c38-28-15-16-29(21-28)40(39,32-19-13-26-9-7-22-3-1-5-24-11-17-30(32)36(26)34(22)24)33-20-14-27-10-8-23-4-2-6-25-12-18-31(33)37(27)35(23)25/h1-14,17-21H,15-16H2. The zero-order valence-electron chi connectivity index (χ0n) is 21.6. The molecule has 0 aromatic heterocycles. The molecule has 1 aliphatic carbocycles. The Bertz CT molecular complexity index is 2250. The number of benzene rings is 8. The Morgan fingerprint density at radius 3 is 1.27 bits per heavy atom. The van der Waals surface area contributed by atoms with Gasteiger partial charge < -0.3 is 4.57 Å². The summed E-state index contributed by atoms with van der Waals surface area (Å²) in [7, 11) is -3.39. The predicted octanol–water partition coefficient (Wildman–Crippen LogP) is 9.04. The molecule has 40 heavy (non-hydrogen) atoms. The predicted molar refractivity (Wildman–Crippen MR) is 169 cm³/mol. The van der Waals surface area contributed by atoms with Gasteiger partial charge in [0.1, 0.15) is 0 Å². The number of ketones is 1. The monoisotopic (exact) mass is 530 g/mol. The largest absolute Gasteiger partial charge is 0.309 e. The first kappa shape index (κ1) is 22.3. The molecule has 0 radical (unpaired) electrons. The lowest BCUT2D eigenvalue weighted by Crippen LogP contribution is -2.19. The van der Waals surface area contributed by atoms with Gasteiger partial charge in [0.15, 0.2) is 12.9 Å². The molecular formula is C37H23O2P. The third-order valence-corrected chi connectivity index (χ3v) is 12.3. The Labute approximate surface area is 230 Å². The van der Waals surface area contributed by atoms with E-state index in [2.05, 4.69) is 109 Å². The summed E-state index contributed by atoms with van der Waals surface area (Å²) in [5.41, 5.74) is 0. The fourth-order valence-electron chi connectivity index (χ4n) is 7.26. The summed E-state index contributed by atoms with van der Waals surface area (Å²) in [5.74, 6) is 0.0608. The second-order valence-electron chi connectivity index (χ2n) is 11.1. The molecule has 0 saturated heterocycles. The Morgan fingerprint density at radius 1 is 0.450 bits per heavy atom. The molecule has 188 valence electrons. The average Bonchev–Trinajstić information content (AvgIpc) is 3.45. The second-order valence-corrected chi connectivity index (χ2v) is 13.8. The van der Waals surface area contributed by atoms with Crippen molar-refractivity contribution >= 4 is 88.2 Å². The minimum Gasteiger partial charge on any atom is -0.309 e. The van der Waals surface area contributed by atoms with E-state index in [1.165, 1.54) is 32.3 Å². The van der Waals surface area contributed by atoms with Crippen LogP contribution < -0.4 is 10.6 Å². The highest BCUT2D eigenvalue weighted by Gasteiger charge is 2.38. The molecule has 9 rings (SSSR count). The molecule has 0 N–H and O–H groups in total. The molecule has 0 amide bonds. The number of carbonyl (C=O) groups excluding carboxylic acids is 1. The molecule has 0 fully saturated rings. The van der Waals surface area contributed by atoms with Gasteiger partial charge >= 0.3 is 0 Å². The Kier molecular flexibility index (Phi) is 4.34. The van der Waals surface area contributed by atoms with Crippen molar-refractivity contribution in [2.75, 3.05) is 0 Å². The fourth-order valence-corrected chi connectivity index (χ4v) is 10.5. The van der Waals surface area contributed by atoms with Gasteiger partial charge in [-0.25, -0.2) is 0 Å². The van der Waals surface area contributed by atoms with Crippen LogP contribution in [0.25, 0.3) is 64.6 Å². The van der Waals surface area contributed by atoms with Crippen molar-refractivity contribution in [3.8, 4) is 0 Å². The summed E-state index contributed by atoms with van der Waals surface area (Å²) in [4.78, 5) is 12.6. The van der Waals surface area contributed by atoms with Crippen LogP contribution in [-0.2, 0) is 9.36 Å². The van der Waals surface area contributed by atoms with Crippen LogP contribution in [0.15, 0.2) is 121 Å². The van der Waals surface area contributed by atoms with Gasteiger partial charge in [-0.3, -0.25) is 4.79 Å². The molecule has 2 nitrogen and oxygen atoms in total. The van der Waals surface area contributed by atoms with E-state index in [-0.39, 0.29) is 5.78 Å². The molecule has 1 aliphatic rings. The zero-order valence-corrected chi connectivity index (χ0v) is 22.5. The van der Waals surface area contributed by atoms with E-state index < -0.39 is 7.14 Å². The van der Waals surface area contributed by atoms with Crippen molar-refractivity contribution in [2.24, 2.45) is 0 Å². The van der Waals surface area contributed by atoms with Crippen LogP contribution in [0.3, 0.4) is 0 Å². The van der Waals surface area contributed by atoms with Gasteiger partial charge in [0.05, 0.1) is 0 Å². The van der Waals surface area contributed by atoms with Gasteiger partial charge in [-0.1, -0.05) is 97.1 Å². The Hall–Kier alpha value is -4.52.